The molecule has 17 heavy (non-hydrogen) atoms. The van der Waals surface area contributed by atoms with Crippen molar-refractivity contribution in [2.24, 2.45) is 11.8 Å². The van der Waals surface area contributed by atoms with Gasteiger partial charge in [-0.3, -0.25) is 0 Å². The number of hydrogen-bond donors (Lipinski definition) is 0. The van der Waals surface area contributed by atoms with E-state index in [0.29, 0.717) is 11.8 Å². The Labute approximate surface area is 104 Å². The van der Waals surface area contributed by atoms with Crippen LogP contribution in [0.4, 0.5) is 0 Å². The molecule has 1 saturated heterocycles. The summed E-state index contributed by atoms with van der Waals surface area (Å²) >= 11 is 0. The SMILES string of the molecule is C=CC(=O)OC(CC(C)CC)C1OCCC1C. The topological polar surface area (TPSA) is 35.5 Å². The van der Waals surface area contributed by atoms with Crippen molar-refractivity contribution < 1.29 is 14.3 Å². The second kappa shape index (κ2) is 6.80. The first-order valence-corrected chi connectivity index (χ1v) is 6.53. The summed E-state index contributed by atoms with van der Waals surface area (Å²) in [5, 5.41) is 0. The number of rotatable bonds is 6. The highest BCUT2D eigenvalue weighted by Crippen LogP contribution is 2.28. The maximum Gasteiger partial charge on any atom is 0.330 e. The van der Waals surface area contributed by atoms with Crippen molar-refractivity contribution in [1.82, 2.24) is 0 Å². The van der Waals surface area contributed by atoms with Gasteiger partial charge in [0.2, 0.25) is 0 Å². The van der Waals surface area contributed by atoms with Crippen LogP contribution in [0.2, 0.25) is 0 Å². The molecule has 1 rings (SSSR count). The van der Waals surface area contributed by atoms with E-state index in [0.717, 1.165) is 25.9 Å². The van der Waals surface area contributed by atoms with Crippen molar-refractivity contribution in [1.29, 1.82) is 0 Å². The minimum atomic E-state index is -0.346. The lowest BCUT2D eigenvalue weighted by molar-refractivity contribution is -0.152. The second-order valence-electron chi connectivity index (χ2n) is 5.03. The van der Waals surface area contributed by atoms with Gasteiger partial charge in [0.25, 0.3) is 0 Å². The zero-order valence-corrected chi connectivity index (χ0v) is 11.1. The lowest BCUT2D eigenvalue weighted by Gasteiger charge is -2.27. The summed E-state index contributed by atoms with van der Waals surface area (Å²) in [5.41, 5.74) is 0. The minimum Gasteiger partial charge on any atom is -0.456 e. The summed E-state index contributed by atoms with van der Waals surface area (Å²) in [6, 6.07) is 0. The van der Waals surface area contributed by atoms with Crippen LogP contribution >= 0.6 is 0 Å². The van der Waals surface area contributed by atoms with Gasteiger partial charge in [0.05, 0.1) is 6.10 Å². The van der Waals surface area contributed by atoms with Crippen LogP contribution in [0.5, 0.6) is 0 Å². The summed E-state index contributed by atoms with van der Waals surface area (Å²) in [6.45, 7) is 10.7. The Bertz CT molecular complexity index is 262. The summed E-state index contributed by atoms with van der Waals surface area (Å²) < 4.78 is 11.2. The van der Waals surface area contributed by atoms with Crippen LogP contribution < -0.4 is 0 Å². The Morgan fingerprint density at radius 3 is 2.82 bits per heavy atom. The number of carbonyl (C=O) groups is 1. The molecule has 0 saturated carbocycles. The maximum atomic E-state index is 11.4. The van der Waals surface area contributed by atoms with Crippen molar-refractivity contribution in [3.05, 3.63) is 12.7 Å². The molecule has 1 heterocycles. The average molecular weight is 240 g/mol. The van der Waals surface area contributed by atoms with Gasteiger partial charge in [-0.15, -0.1) is 0 Å². The molecule has 0 N–H and O–H groups in total. The first-order valence-electron chi connectivity index (χ1n) is 6.53. The zero-order valence-electron chi connectivity index (χ0n) is 11.1. The molecule has 3 nitrogen and oxygen atoms in total. The number of hydrogen-bond acceptors (Lipinski definition) is 3. The van der Waals surface area contributed by atoms with Gasteiger partial charge >= 0.3 is 5.97 Å². The van der Waals surface area contributed by atoms with Gasteiger partial charge in [-0.25, -0.2) is 4.79 Å². The highest BCUT2D eigenvalue weighted by atomic mass is 16.6. The summed E-state index contributed by atoms with van der Waals surface area (Å²) in [6.07, 6.45) is 4.14. The third kappa shape index (κ3) is 4.15. The lowest BCUT2D eigenvalue weighted by atomic mass is 9.92. The van der Waals surface area contributed by atoms with Crippen molar-refractivity contribution >= 4 is 5.97 Å². The zero-order chi connectivity index (χ0) is 12.8. The molecule has 0 aromatic rings. The predicted molar refractivity (Wildman–Crippen MR) is 67.7 cm³/mol. The summed E-state index contributed by atoms with van der Waals surface area (Å²) in [4.78, 5) is 11.4. The fraction of sp³-hybridized carbons (Fsp3) is 0.786. The van der Waals surface area contributed by atoms with E-state index < -0.39 is 0 Å². The molecule has 4 atom stereocenters. The van der Waals surface area contributed by atoms with Gasteiger partial charge in [-0.1, -0.05) is 33.8 Å². The molecule has 0 aliphatic carbocycles. The fourth-order valence-electron chi connectivity index (χ4n) is 2.20. The molecule has 3 heteroatoms. The Morgan fingerprint density at radius 1 is 1.65 bits per heavy atom. The third-order valence-corrected chi connectivity index (χ3v) is 3.58. The number of carbonyl (C=O) groups excluding carboxylic acids is 1. The van der Waals surface area contributed by atoms with Crippen LogP contribution in [0.25, 0.3) is 0 Å². The van der Waals surface area contributed by atoms with E-state index in [4.69, 9.17) is 9.47 Å². The van der Waals surface area contributed by atoms with E-state index in [1.165, 1.54) is 6.08 Å². The molecule has 0 amide bonds. The van der Waals surface area contributed by atoms with Crippen LogP contribution in [0, 0.1) is 11.8 Å². The van der Waals surface area contributed by atoms with E-state index in [1.807, 2.05) is 0 Å². The molecule has 1 aliphatic rings. The Kier molecular flexibility index (Phi) is 5.69. The molecule has 0 bridgehead atoms. The van der Waals surface area contributed by atoms with Gasteiger partial charge < -0.3 is 9.47 Å². The van der Waals surface area contributed by atoms with Crippen LogP contribution in [0.1, 0.15) is 40.0 Å². The smallest absolute Gasteiger partial charge is 0.330 e. The Hall–Kier alpha value is -0.830. The molecule has 0 radical (unpaired) electrons. The second-order valence-corrected chi connectivity index (χ2v) is 5.03. The predicted octanol–water partition coefficient (Wildman–Crippen LogP) is 2.95. The average Bonchev–Trinajstić information content (AvgIpc) is 2.74. The summed E-state index contributed by atoms with van der Waals surface area (Å²) in [7, 11) is 0. The van der Waals surface area contributed by atoms with Gasteiger partial charge in [0, 0.05) is 12.7 Å². The first-order chi connectivity index (χ1) is 8.08. The standard InChI is InChI=1S/C14H24O3/c1-5-10(3)9-12(17-13(15)6-2)14-11(4)7-8-16-14/h6,10-12,14H,2,5,7-9H2,1,3-4H3. The van der Waals surface area contributed by atoms with Crippen LogP contribution in [-0.2, 0) is 14.3 Å². The largest absolute Gasteiger partial charge is 0.456 e. The minimum absolute atomic E-state index is 0.0490. The van der Waals surface area contributed by atoms with E-state index in [9.17, 15) is 4.79 Å². The van der Waals surface area contributed by atoms with E-state index in [1.54, 1.807) is 0 Å². The molecule has 98 valence electrons. The van der Waals surface area contributed by atoms with Gasteiger partial charge in [-0.2, -0.15) is 0 Å². The van der Waals surface area contributed by atoms with E-state index in [2.05, 4.69) is 27.4 Å². The number of ether oxygens (including phenoxy) is 2. The maximum absolute atomic E-state index is 11.4. The van der Waals surface area contributed by atoms with Crippen molar-refractivity contribution in [3.8, 4) is 0 Å². The Morgan fingerprint density at radius 2 is 2.35 bits per heavy atom. The van der Waals surface area contributed by atoms with Crippen LogP contribution in [0.15, 0.2) is 12.7 Å². The normalized spacial score (nSPS) is 27.5. The van der Waals surface area contributed by atoms with Gasteiger partial charge in [0.1, 0.15) is 6.10 Å². The van der Waals surface area contributed by atoms with Gasteiger partial charge in [-0.05, 0) is 24.7 Å². The third-order valence-electron chi connectivity index (χ3n) is 3.58. The van der Waals surface area contributed by atoms with Crippen LogP contribution in [0.3, 0.4) is 0 Å². The molecule has 4 unspecified atom stereocenters. The highest BCUT2D eigenvalue weighted by molar-refractivity contribution is 5.81. The van der Waals surface area contributed by atoms with E-state index >= 15 is 0 Å². The van der Waals surface area contributed by atoms with E-state index in [-0.39, 0.29) is 18.2 Å². The number of esters is 1. The molecule has 0 spiro atoms. The van der Waals surface area contributed by atoms with Crippen molar-refractivity contribution in [2.45, 2.75) is 52.2 Å². The fourth-order valence-corrected chi connectivity index (χ4v) is 2.20. The Balaban J connectivity index is 2.63. The molecular weight excluding hydrogens is 216 g/mol. The van der Waals surface area contributed by atoms with Crippen molar-refractivity contribution in [3.63, 3.8) is 0 Å². The lowest BCUT2D eigenvalue weighted by Crippen LogP contribution is -2.35. The molecule has 0 aromatic carbocycles. The first kappa shape index (κ1) is 14.2. The summed E-state index contributed by atoms with van der Waals surface area (Å²) in [5.74, 6) is 0.650. The van der Waals surface area contributed by atoms with Gasteiger partial charge in [0.15, 0.2) is 0 Å². The molecule has 1 aliphatic heterocycles. The molecular formula is C14H24O3. The van der Waals surface area contributed by atoms with Crippen molar-refractivity contribution in [2.75, 3.05) is 6.61 Å². The molecule has 1 fully saturated rings. The highest BCUT2D eigenvalue weighted by Gasteiger charge is 2.34. The monoisotopic (exact) mass is 240 g/mol. The molecule has 0 aromatic heterocycles. The van der Waals surface area contributed by atoms with Crippen LogP contribution in [-0.4, -0.2) is 24.8 Å². The quantitative estimate of drug-likeness (QED) is 0.529.